The summed E-state index contributed by atoms with van der Waals surface area (Å²) in [5.74, 6) is 2.33. The van der Waals surface area contributed by atoms with Crippen LogP contribution in [-0.2, 0) is 12.8 Å². The molecule has 0 unspecified atom stereocenters. The van der Waals surface area contributed by atoms with E-state index in [9.17, 15) is 0 Å². The standard InChI is InChI=1S/C25H31N2O2/c1-3-4-5-6-7-8-13-24-26-25(29-27-24)22-18-15-20(16-19-22)14-17-21-11-9-10-12-23(21)28-2/h9-12,14-16,18-19H,3-8,13,17H2,1-2H3. The number of ether oxygens (including phenoxy) is 1. The van der Waals surface area contributed by atoms with Crippen LogP contribution in [0.15, 0.2) is 53.1 Å². The maximum absolute atomic E-state index is 5.46. The molecule has 0 aliphatic heterocycles. The second-order valence-electron chi connectivity index (χ2n) is 7.38. The average Bonchev–Trinajstić information content (AvgIpc) is 3.24. The van der Waals surface area contributed by atoms with Crippen LogP contribution in [0.3, 0.4) is 0 Å². The van der Waals surface area contributed by atoms with Crippen LogP contribution in [0, 0.1) is 6.42 Å². The molecule has 0 aliphatic carbocycles. The molecule has 4 nitrogen and oxygen atoms in total. The molecule has 3 rings (SSSR count). The fraction of sp³-hybridized carbons (Fsp3) is 0.400. The van der Waals surface area contributed by atoms with Gasteiger partial charge in [0.05, 0.1) is 7.11 Å². The van der Waals surface area contributed by atoms with Crippen LogP contribution in [-0.4, -0.2) is 17.3 Å². The summed E-state index contributed by atoms with van der Waals surface area (Å²) in [4.78, 5) is 4.56. The summed E-state index contributed by atoms with van der Waals surface area (Å²) in [5, 5.41) is 4.14. The first-order chi connectivity index (χ1) is 14.3. The number of benzene rings is 2. The maximum atomic E-state index is 5.46. The molecule has 3 aromatic rings. The highest BCUT2D eigenvalue weighted by Gasteiger charge is 2.09. The average molecular weight is 392 g/mol. The number of nitrogens with zero attached hydrogens (tertiary/aromatic N) is 2. The molecule has 0 N–H and O–H groups in total. The Kier molecular flexibility index (Phi) is 8.29. The minimum absolute atomic E-state index is 0.599. The third-order valence-electron chi connectivity index (χ3n) is 5.13. The van der Waals surface area contributed by atoms with Crippen LogP contribution in [0.5, 0.6) is 5.75 Å². The molecule has 1 radical (unpaired) electrons. The largest absolute Gasteiger partial charge is 0.496 e. The number of hydrogen-bond acceptors (Lipinski definition) is 4. The number of aryl methyl sites for hydroxylation is 1. The molecule has 0 amide bonds. The highest BCUT2D eigenvalue weighted by atomic mass is 16.5. The van der Waals surface area contributed by atoms with Gasteiger partial charge in [0.2, 0.25) is 0 Å². The predicted molar refractivity (Wildman–Crippen MR) is 117 cm³/mol. The minimum Gasteiger partial charge on any atom is -0.496 e. The number of hydrogen-bond donors (Lipinski definition) is 0. The summed E-state index contributed by atoms with van der Waals surface area (Å²) in [6.45, 7) is 2.24. The molecule has 29 heavy (non-hydrogen) atoms. The van der Waals surface area contributed by atoms with Crippen LogP contribution in [0.4, 0.5) is 0 Å². The first-order valence-corrected chi connectivity index (χ1v) is 10.7. The van der Waals surface area contributed by atoms with Crippen LogP contribution in [0.1, 0.15) is 62.4 Å². The maximum Gasteiger partial charge on any atom is 0.257 e. The molecule has 0 saturated carbocycles. The summed E-state index contributed by atoms with van der Waals surface area (Å²) in [7, 11) is 1.71. The lowest BCUT2D eigenvalue weighted by molar-refractivity contribution is 0.410. The van der Waals surface area contributed by atoms with Crippen molar-refractivity contribution in [2.24, 2.45) is 0 Å². The van der Waals surface area contributed by atoms with E-state index in [1.165, 1.54) is 37.7 Å². The molecule has 0 spiro atoms. The zero-order valence-electron chi connectivity index (χ0n) is 17.6. The molecule has 0 saturated heterocycles. The SMILES string of the molecule is CCCCCCCCc1noc(-c2ccc([CH]Cc3ccccc3OC)cc2)n1. The van der Waals surface area contributed by atoms with Crippen molar-refractivity contribution in [3.63, 3.8) is 0 Å². The smallest absolute Gasteiger partial charge is 0.257 e. The quantitative estimate of drug-likeness (QED) is 0.333. The minimum atomic E-state index is 0.599. The number of para-hydroxylation sites is 1. The number of unbranched alkanes of at least 4 members (excludes halogenated alkanes) is 5. The Morgan fingerprint density at radius 3 is 2.48 bits per heavy atom. The van der Waals surface area contributed by atoms with E-state index < -0.39 is 0 Å². The van der Waals surface area contributed by atoms with E-state index in [1.54, 1.807) is 7.11 Å². The zero-order valence-corrected chi connectivity index (χ0v) is 17.6. The lowest BCUT2D eigenvalue weighted by Crippen LogP contribution is -1.93. The summed E-state index contributed by atoms with van der Waals surface area (Å²) in [5.41, 5.74) is 3.29. The summed E-state index contributed by atoms with van der Waals surface area (Å²) >= 11 is 0. The van der Waals surface area contributed by atoms with E-state index in [1.807, 2.05) is 30.3 Å². The van der Waals surface area contributed by atoms with Gasteiger partial charge < -0.3 is 9.26 Å². The van der Waals surface area contributed by atoms with Crippen molar-refractivity contribution in [1.29, 1.82) is 0 Å². The van der Waals surface area contributed by atoms with Gasteiger partial charge in [-0.25, -0.2) is 0 Å². The molecule has 0 bridgehead atoms. The van der Waals surface area contributed by atoms with Gasteiger partial charge in [-0.05, 0) is 48.6 Å². The van der Waals surface area contributed by atoms with Gasteiger partial charge in [0.25, 0.3) is 5.89 Å². The van der Waals surface area contributed by atoms with Gasteiger partial charge in [-0.3, -0.25) is 0 Å². The van der Waals surface area contributed by atoms with Crippen LogP contribution in [0.25, 0.3) is 11.5 Å². The number of rotatable bonds is 12. The van der Waals surface area contributed by atoms with E-state index in [2.05, 4.69) is 41.7 Å². The predicted octanol–water partition coefficient (Wildman–Crippen LogP) is 6.44. The van der Waals surface area contributed by atoms with Crippen LogP contribution in [0.2, 0.25) is 0 Å². The van der Waals surface area contributed by atoms with Crippen LogP contribution >= 0.6 is 0 Å². The van der Waals surface area contributed by atoms with Gasteiger partial charge in [0, 0.05) is 12.0 Å². The molecule has 4 heteroatoms. The lowest BCUT2D eigenvalue weighted by Gasteiger charge is -2.08. The normalized spacial score (nSPS) is 11.0. The molecule has 2 aromatic carbocycles. The van der Waals surface area contributed by atoms with Crippen molar-refractivity contribution in [1.82, 2.24) is 10.1 Å². The van der Waals surface area contributed by atoms with E-state index in [-0.39, 0.29) is 0 Å². The molecule has 0 atom stereocenters. The zero-order chi connectivity index (χ0) is 20.3. The van der Waals surface area contributed by atoms with Crippen molar-refractivity contribution >= 4 is 0 Å². The van der Waals surface area contributed by atoms with Gasteiger partial charge in [-0.15, -0.1) is 0 Å². The monoisotopic (exact) mass is 391 g/mol. The Labute approximate surface area is 174 Å². The fourth-order valence-corrected chi connectivity index (χ4v) is 3.40. The number of methoxy groups -OCH3 is 1. The van der Waals surface area contributed by atoms with E-state index in [0.717, 1.165) is 42.0 Å². The van der Waals surface area contributed by atoms with Gasteiger partial charge in [-0.1, -0.05) is 74.5 Å². The Bertz CT molecular complexity index is 855. The first kappa shape index (κ1) is 21.1. The van der Waals surface area contributed by atoms with E-state index in [4.69, 9.17) is 9.26 Å². The topological polar surface area (TPSA) is 48.2 Å². The Hall–Kier alpha value is -2.62. The molecular formula is C25H31N2O2. The fourth-order valence-electron chi connectivity index (χ4n) is 3.40. The van der Waals surface area contributed by atoms with Gasteiger partial charge >= 0.3 is 0 Å². The third-order valence-corrected chi connectivity index (χ3v) is 5.13. The third kappa shape index (κ3) is 6.45. The highest BCUT2D eigenvalue weighted by Crippen LogP contribution is 2.22. The Morgan fingerprint density at radius 2 is 1.69 bits per heavy atom. The van der Waals surface area contributed by atoms with Crippen molar-refractivity contribution in [3.8, 4) is 17.2 Å². The second-order valence-corrected chi connectivity index (χ2v) is 7.38. The molecule has 0 fully saturated rings. The van der Waals surface area contributed by atoms with Gasteiger partial charge in [0.1, 0.15) is 5.75 Å². The Balaban J connectivity index is 1.49. The summed E-state index contributed by atoms with van der Waals surface area (Å²) in [6.07, 6.45) is 11.5. The second kappa shape index (κ2) is 11.4. The van der Waals surface area contributed by atoms with E-state index in [0.29, 0.717) is 5.89 Å². The van der Waals surface area contributed by atoms with Crippen molar-refractivity contribution < 1.29 is 9.26 Å². The van der Waals surface area contributed by atoms with Crippen molar-refractivity contribution in [2.45, 2.75) is 58.3 Å². The van der Waals surface area contributed by atoms with Gasteiger partial charge in [-0.2, -0.15) is 4.98 Å². The summed E-state index contributed by atoms with van der Waals surface area (Å²) in [6, 6.07) is 16.4. The van der Waals surface area contributed by atoms with Gasteiger partial charge in [0.15, 0.2) is 5.82 Å². The number of aromatic nitrogens is 2. The Morgan fingerprint density at radius 1 is 0.931 bits per heavy atom. The van der Waals surface area contributed by atoms with E-state index >= 15 is 0 Å². The summed E-state index contributed by atoms with van der Waals surface area (Å²) < 4.78 is 10.9. The lowest BCUT2D eigenvalue weighted by atomic mass is 10.0. The highest BCUT2D eigenvalue weighted by molar-refractivity contribution is 5.54. The first-order valence-electron chi connectivity index (χ1n) is 10.7. The molecule has 1 aromatic heterocycles. The molecule has 153 valence electrons. The molecule has 0 aliphatic rings. The molecular weight excluding hydrogens is 360 g/mol. The molecule has 1 heterocycles. The van der Waals surface area contributed by atoms with Crippen molar-refractivity contribution in [2.75, 3.05) is 7.11 Å². The van der Waals surface area contributed by atoms with Crippen molar-refractivity contribution in [3.05, 3.63) is 71.9 Å². The van der Waals surface area contributed by atoms with Crippen LogP contribution < -0.4 is 4.74 Å².